The Morgan fingerprint density at radius 1 is 1.43 bits per heavy atom. The number of hydrogen-bond acceptors (Lipinski definition) is 4. The molecule has 0 aromatic rings. The third kappa shape index (κ3) is 2.92. The van der Waals surface area contributed by atoms with Crippen LogP contribution in [0.5, 0.6) is 0 Å². The second kappa shape index (κ2) is 5.05. The quantitative estimate of drug-likeness (QED) is 0.265. The molecule has 0 aliphatic heterocycles. The van der Waals surface area contributed by atoms with Gasteiger partial charge in [0.15, 0.2) is 11.9 Å². The van der Waals surface area contributed by atoms with Crippen molar-refractivity contribution in [2.75, 3.05) is 6.61 Å². The number of carbonyl (C=O) groups excluding carboxylic acids is 1. The highest BCUT2D eigenvalue weighted by Gasteiger charge is 2.25. The minimum Gasteiger partial charge on any atom is -0.464 e. The highest BCUT2D eigenvalue weighted by molar-refractivity contribution is 5.98. The van der Waals surface area contributed by atoms with E-state index in [-0.39, 0.29) is 6.61 Å². The molecule has 0 aliphatic rings. The van der Waals surface area contributed by atoms with Crippen molar-refractivity contribution in [3.05, 3.63) is 0 Å². The lowest BCUT2D eigenvalue weighted by molar-refractivity contribution is -0.146. The van der Waals surface area contributed by atoms with Crippen LogP contribution in [0.25, 0.3) is 0 Å². The molecule has 0 fully saturated rings. The molecule has 0 heterocycles. The molecular weight excluding hydrogens is 186 g/mol. The molecule has 14 heavy (non-hydrogen) atoms. The van der Waals surface area contributed by atoms with Gasteiger partial charge in [0.25, 0.3) is 0 Å². The number of ether oxygens (including phenoxy) is 1. The monoisotopic (exact) mass is 201 g/mol. The fourth-order valence-corrected chi connectivity index (χ4v) is 0.915. The van der Waals surface area contributed by atoms with E-state index in [2.05, 4.69) is 0 Å². The summed E-state index contributed by atoms with van der Waals surface area (Å²) in [5.74, 6) is -1.49. The molecule has 1 unspecified atom stereocenters. The summed E-state index contributed by atoms with van der Waals surface area (Å²) in [7, 11) is 0. The maximum Gasteiger partial charge on any atom is 0.329 e. The second-order valence-electron chi connectivity index (χ2n) is 2.57. The van der Waals surface area contributed by atoms with E-state index in [9.17, 15) is 4.79 Å². The number of esters is 1. The van der Waals surface area contributed by atoms with E-state index in [1.54, 1.807) is 6.92 Å². The zero-order valence-corrected chi connectivity index (χ0v) is 8.20. The molecule has 0 bridgehead atoms. The molecule has 7 heteroatoms. The molecule has 0 aromatic carbocycles. The number of hydrogen-bond donors (Lipinski definition) is 4. The van der Waals surface area contributed by atoms with Gasteiger partial charge in [-0.15, -0.1) is 0 Å². The first-order valence-electron chi connectivity index (χ1n) is 4.05. The van der Waals surface area contributed by atoms with Crippen LogP contribution < -0.4 is 11.5 Å². The van der Waals surface area contributed by atoms with Crippen molar-refractivity contribution in [3.8, 4) is 0 Å². The molecule has 0 rings (SSSR count). The topological polar surface area (TPSA) is 129 Å². The van der Waals surface area contributed by atoms with Crippen LogP contribution in [0.2, 0.25) is 0 Å². The Balaban J connectivity index is 4.59. The summed E-state index contributed by atoms with van der Waals surface area (Å²) in [6, 6.07) is -0.857. The third-order valence-corrected chi connectivity index (χ3v) is 1.53. The van der Waals surface area contributed by atoms with E-state index in [0.717, 1.165) is 4.90 Å². The molecule has 0 spiro atoms. The van der Waals surface area contributed by atoms with Crippen molar-refractivity contribution >= 4 is 17.9 Å². The maximum atomic E-state index is 11.2. The number of carbonyl (C=O) groups is 1. The molecule has 80 valence electrons. The Morgan fingerprint density at radius 2 is 1.86 bits per heavy atom. The minimum absolute atomic E-state index is 0.229. The molecule has 7 nitrogen and oxygen atoms in total. The summed E-state index contributed by atoms with van der Waals surface area (Å²) in [4.78, 5) is 12.1. The summed E-state index contributed by atoms with van der Waals surface area (Å²) in [5, 5.41) is 14.2. The lowest BCUT2D eigenvalue weighted by Gasteiger charge is -2.25. The SMILES string of the molecule is CCOC(=O)C(C)N(C(=N)N)C(=N)N. The van der Waals surface area contributed by atoms with Gasteiger partial charge >= 0.3 is 5.97 Å². The van der Waals surface area contributed by atoms with E-state index >= 15 is 0 Å². The van der Waals surface area contributed by atoms with E-state index in [1.165, 1.54) is 6.92 Å². The van der Waals surface area contributed by atoms with Gasteiger partial charge in [0, 0.05) is 0 Å². The standard InChI is InChI=1S/C7H15N5O2/c1-3-14-5(13)4(2)12(6(8)9)7(10)11/h4H,3H2,1-2H3,(H3,8,9)(H3,10,11). The summed E-state index contributed by atoms with van der Waals surface area (Å²) >= 11 is 0. The van der Waals surface area contributed by atoms with Crippen LogP contribution in [-0.2, 0) is 9.53 Å². The average molecular weight is 201 g/mol. The smallest absolute Gasteiger partial charge is 0.329 e. The Morgan fingerprint density at radius 3 is 2.14 bits per heavy atom. The van der Waals surface area contributed by atoms with E-state index in [4.69, 9.17) is 27.0 Å². The number of nitrogens with zero attached hydrogens (tertiary/aromatic N) is 1. The van der Waals surface area contributed by atoms with Crippen molar-refractivity contribution in [3.63, 3.8) is 0 Å². The van der Waals surface area contributed by atoms with Crippen LogP contribution in [0.4, 0.5) is 0 Å². The van der Waals surface area contributed by atoms with Gasteiger partial charge in [-0.2, -0.15) is 0 Å². The average Bonchev–Trinajstić information content (AvgIpc) is 2.03. The summed E-state index contributed by atoms with van der Waals surface area (Å²) in [6.07, 6.45) is 0. The predicted octanol–water partition coefficient (Wildman–Crippen LogP) is -0.973. The highest BCUT2D eigenvalue weighted by atomic mass is 16.5. The Hall–Kier alpha value is -1.79. The zero-order chi connectivity index (χ0) is 11.3. The van der Waals surface area contributed by atoms with Crippen molar-refractivity contribution in [1.29, 1.82) is 10.8 Å². The van der Waals surface area contributed by atoms with Crippen molar-refractivity contribution in [2.45, 2.75) is 19.9 Å². The largest absolute Gasteiger partial charge is 0.464 e. The van der Waals surface area contributed by atoms with Gasteiger partial charge in [-0.05, 0) is 13.8 Å². The van der Waals surface area contributed by atoms with Crippen LogP contribution in [-0.4, -0.2) is 35.4 Å². The van der Waals surface area contributed by atoms with Crippen LogP contribution in [0.15, 0.2) is 0 Å². The molecular formula is C7H15N5O2. The fraction of sp³-hybridized carbons (Fsp3) is 0.571. The zero-order valence-electron chi connectivity index (χ0n) is 8.20. The normalized spacial score (nSPS) is 11.6. The number of nitrogens with one attached hydrogen (secondary N) is 2. The maximum absolute atomic E-state index is 11.2. The van der Waals surface area contributed by atoms with Gasteiger partial charge in [-0.3, -0.25) is 15.7 Å². The van der Waals surface area contributed by atoms with Crippen LogP contribution in [0, 0.1) is 10.8 Å². The Bertz CT molecular complexity index is 238. The first-order valence-corrected chi connectivity index (χ1v) is 4.05. The summed E-state index contributed by atoms with van der Waals surface area (Å²) in [6.45, 7) is 3.35. The van der Waals surface area contributed by atoms with Crippen molar-refractivity contribution < 1.29 is 9.53 Å². The number of nitrogens with two attached hydrogens (primary N) is 2. The van der Waals surface area contributed by atoms with Crippen LogP contribution in [0.3, 0.4) is 0 Å². The molecule has 0 aliphatic carbocycles. The first kappa shape index (κ1) is 12.2. The molecule has 0 saturated carbocycles. The molecule has 6 N–H and O–H groups in total. The van der Waals surface area contributed by atoms with Crippen LogP contribution in [0.1, 0.15) is 13.8 Å². The Kier molecular flexibility index (Phi) is 4.41. The van der Waals surface area contributed by atoms with Gasteiger partial charge < -0.3 is 16.2 Å². The molecule has 0 radical (unpaired) electrons. The summed E-state index contributed by atoms with van der Waals surface area (Å²) < 4.78 is 4.70. The van der Waals surface area contributed by atoms with Gasteiger partial charge in [0.05, 0.1) is 6.61 Å². The molecule has 0 amide bonds. The molecule has 1 atom stereocenters. The highest BCUT2D eigenvalue weighted by Crippen LogP contribution is 1.99. The minimum atomic E-state index is -0.857. The molecule has 0 saturated heterocycles. The lowest BCUT2D eigenvalue weighted by Crippen LogP contribution is -2.53. The van der Waals surface area contributed by atoms with E-state index in [1.807, 2.05) is 0 Å². The van der Waals surface area contributed by atoms with Gasteiger partial charge in [0.1, 0.15) is 6.04 Å². The van der Waals surface area contributed by atoms with Crippen molar-refractivity contribution in [2.24, 2.45) is 11.5 Å². The number of guanidine groups is 2. The first-order chi connectivity index (χ1) is 6.41. The Labute approximate surface area is 82.0 Å². The van der Waals surface area contributed by atoms with Crippen LogP contribution >= 0.6 is 0 Å². The van der Waals surface area contributed by atoms with Gasteiger partial charge in [-0.1, -0.05) is 0 Å². The third-order valence-electron chi connectivity index (χ3n) is 1.53. The lowest BCUT2D eigenvalue weighted by atomic mass is 10.3. The fourth-order valence-electron chi connectivity index (χ4n) is 0.915. The number of rotatable bonds is 3. The summed E-state index contributed by atoms with van der Waals surface area (Å²) in [5.41, 5.74) is 10.3. The van der Waals surface area contributed by atoms with E-state index in [0.29, 0.717) is 0 Å². The molecule has 0 aromatic heterocycles. The van der Waals surface area contributed by atoms with Gasteiger partial charge in [-0.25, -0.2) is 4.79 Å². The predicted molar refractivity (Wildman–Crippen MR) is 51.8 cm³/mol. The second-order valence-corrected chi connectivity index (χ2v) is 2.57. The van der Waals surface area contributed by atoms with E-state index < -0.39 is 23.9 Å². The van der Waals surface area contributed by atoms with Gasteiger partial charge in [0.2, 0.25) is 0 Å². The van der Waals surface area contributed by atoms with Crippen molar-refractivity contribution in [1.82, 2.24) is 4.90 Å².